The van der Waals surface area contributed by atoms with E-state index in [0.717, 1.165) is 44.3 Å². The fourth-order valence-corrected chi connectivity index (χ4v) is 3.94. The van der Waals surface area contributed by atoms with Crippen molar-refractivity contribution in [2.75, 3.05) is 32.7 Å². The molecule has 0 saturated carbocycles. The highest BCUT2D eigenvalue weighted by atomic mass is 127. The quantitative estimate of drug-likeness (QED) is 0.276. The fraction of sp³-hybridized carbons (Fsp3) is 0.609. The van der Waals surface area contributed by atoms with Crippen LogP contribution in [0.15, 0.2) is 41.7 Å². The zero-order valence-electron chi connectivity index (χ0n) is 19.0. The van der Waals surface area contributed by atoms with E-state index >= 15 is 0 Å². The molecule has 1 aromatic heterocycles. The highest BCUT2D eigenvalue weighted by Gasteiger charge is 2.19. The molecule has 172 valence electrons. The number of nitrogens with one attached hydrogen (secondary N) is 2. The second-order valence-corrected chi connectivity index (χ2v) is 7.95. The number of rotatable bonds is 10. The lowest BCUT2D eigenvalue weighted by Crippen LogP contribution is -2.49. The number of halogens is 1. The summed E-state index contributed by atoms with van der Waals surface area (Å²) in [5, 5.41) is 15.4. The number of aliphatic imine (C=N–C) groups is 1. The summed E-state index contributed by atoms with van der Waals surface area (Å²) < 4.78 is 2.11. The van der Waals surface area contributed by atoms with Gasteiger partial charge in [0.1, 0.15) is 12.2 Å². The van der Waals surface area contributed by atoms with E-state index in [1.54, 1.807) is 0 Å². The standard InChI is InChI=1S/C23H37N7.HI/c1-3-15-29-16-11-21(12-17-29)27-23(24-13-10-20-8-6-5-7-9-20)25-14-18-30-19-26-28-22(30)4-2;/h5-9,19,21H,3-4,10-18H2,1-2H3,(H2,24,25,27);1H. The zero-order chi connectivity index (χ0) is 21.0. The third-order valence-electron chi connectivity index (χ3n) is 5.64. The van der Waals surface area contributed by atoms with Crippen molar-refractivity contribution < 1.29 is 0 Å². The van der Waals surface area contributed by atoms with Crippen LogP contribution in [-0.2, 0) is 19.4 Å². The van der Waals surface area contributed by atoms with E-state index in [1.807, 2.05) is 6.33 Å². The predicted octanol–water partition coefficient (Wildman–Crippen LogP) is 3.11. The average Bonchev–Trinajstić information content (AvgIpc) is 3.23. The molecule has 0 radical (unpaired) electrons. The summed E-state index contributed by atoms with van der Waals surface area (Å²) in [6.07, 6.45) is 7.23. The molecule has 2 N–H and O–H groups in total. The Balaban J connectivity index is 0.00000341. The van der Waals surface area contributed by atoms with Crippen molar-refractivity contribution in [2.45, 2.75) is 58.5 Å². The van der Waals surface area contributed by atoms with Gasteiger partial charge in [0.25, 0.3) is 0 Å². The lowest BCUT2D eigenvalue weighted by molar-refractivity contribution is 0.206. The molecule has 3 rings (SSSR count). The number of hydrogen-bond donors (Lipinski definition) is 2. The second-order valence-electron chi connectivity index (χ2n) is 7.95. The molecular weight excluding hydrogens is 501 g/mol. The predicted molar refractivity (Wildman–Crippen MR) is 138 cm³/mol. The molecule has 1 aliphatic heterocycles. The molecule has 1 saturated heterocycles. The van der Waals surface area contributed by atoms with Crippen LogP contribution in [0.2, 0.25) is 0 Å². The van der Waals surface area contributed by atoms with Gasteiger partial charge in [-0.3, -0.25) is 4.99 Å². The van der Waals surface area contributed by atoms with Crippen molar-refractivity contribution >= 4 is 29.9 Å². The molecule has 8 heteroatoms. The molecule has 0 aliphatic carbocycles. The third kappa shape index (κ3) is 8.76. The van der Waals surface area contributed by atoms with Crippen LogP contribution in [0.25, 0.3) is 0 Å². The summed E-state index contributed by atoms with van der Waals surface area (Å²) in [5.74, 6) is 1.95. The summed E-state index contributed by atoms with van der Waals surface area (Å²) in [4.78, 5) is 7.44. The highest BCUT2D eigenvalue weighted by Crippen LogP contribution is 2.10. The van der Waals surface area contributed by atoms with Crippen LogP contribution in [0.5, 0.6) is 0 Å². The summed E-state index contributed by atoms with van der Waals surface area (Å²) >= 11 is 0. The van der Waals surface area contributed by atoms with Crippen LogP contribution in [0.1, 0.15) is 44.5 Å². The minimum atomic E-state index is 0. The summed E-state index contributed by atoms with van der Waals surface area (Å²) in [6, 6.07) is 11.1. The zero-order valence-corrected chi connectivity index (χ0v) is 21.3. The summed E-state index contributed by atoms with van der Waals surface area (Å²) in [6.45, 7) is 10.3. The van der Waals surface area contributed by atoms with Gasteiger partial charge < -0.3 is 20.1 Å². The Morgan fingerprint density at radius 2 is 1.90 bits per heavy atom. The van der Waals surface area contributed by atoms with Crippen LogP contribution >= 0.6 is 24.0 Å². The van der Waals surface area contributed by atoms with Crippen molar-refractivity contribution in [1.29, 1.82) is 0 Å². The Labute approximate surface area is 204 Å². The fourth-order valence-electron chi connectivity index (χ4n) is 3.94. The van der Waals surface area contributed by atoms with E-state index in [1.165, 1.54) is 44.5 Å². The van der Waals surface area contributed by atoms with Crippen molar-refractivity contribution in [3.05, 3.63) is 48.0 Å². The SMILES string of the molecule is CCCN1CCC(NC(=NCCc2ccccc2)NCCn2cnnc2CC)CC1.I. The summed E-state index contributed by atoms with van der Waals surface area (Å²) in [7, 11) is 0. The lowest BCUT2D eigenvalue weighted by Gasteiger charge is -2.33. The number of guanidine groups is 1. The second kappa shape index (κ2) is 14.4. The summed E-state index contributed by atoms with van der Waals surface area (Å²) in [5.41, 5.74) is 1.32. The maximum Gasteiger partial charge on any atom is 0.191 e. The lowest BCUT2D eigenvalue weighted by atomic mass is 10.1. The Morgan fingerprint density at radius 1 is 1.13 bits per heavy atom. The van der Waals surface area contributed by atoms with Gasteiger partial charge in [0.05, 0.1) is 0 Å². The van der Waals surface area contributed by atoms with Crippen molar-refractivity contribution in [3.63, 3.8) is 0 Å². The molecular formula is C23H38IN7. The monoisotopic (exact) mass is 539 g/mol. The molecule has 0 atom stereocenters. The van der Waals surface area contributed by atoms with Crippen LogP contribution in [0, 0.1) is 0 Å². The van der Waals surface area contributed by atoms with Gasteiger partial charge in [-0.2, -0.15) is 0 Å². The first-order valence-corrected chi connectivity index (χ1v) is 11.5. The number of nitrogens with zero attached hydrogens (tertiary/aromatic N) is 5. The first-order valence-electron chi connectivity index (χ1n) is 11.5. The molecule has 0 amide bonds. The molecule has 1 aromatic carbocycles. The number of piperidine rings is 1. The van der Waals surface area contributed by atoms with Crippen LogP contribution in [-0.4, -0.2) is 64.4 Å². The Morgan fingerprint density at radius 3 is 2.61 bits per heavy atom. The maximum absolute atomic E-state index is 4.87. The van der Waals surface area contributed by atoms with Crippen LogP contribution in [0.3, 0.4) is 0 Å². The normalized spacial score (nSPS) is 15.5. The first kappa shape index (κ1) is 25.6. The minimum Gasteiger partial charge on any atom is -0.355 e. The molecule has 1 aliphatic rings. The Kier molecular flexibility index (Phi) is 11.9. The van der Waals surface area contributed by atoms with E-state index < -0.39 is 0 Å². The van der Waals surface area contributed by atoms with E-state index in [0.29, 0.717) is 6.04 Å². The van der Waals surface area contributed by atoms with E-state index in [9.17, 15) is 0 Å². The van der Waals surface area contributed by atoms with E-state index in [4.69, 9.17) is 4.99 Å². The Hall–Kier alpha value is -1.68. The maximum atomic E-state index is 4.87. The molecule has 2 heterocycles. The molecule has 2 aromatic rings. The minimum absolute atomic E-state index is 0. The molecule has 1 fully saturated rings. The smallest absolute Gasteiger partial charge is 0.191 e. The van der Waals surface area contributed by atoms with Gasteiger partial charge in [-0.05, 0) is 37.8 Å². The molecule has 0 spiro atoms. The molecule has 0 bridgehead atoms. The largest absolute Gasteiger partial charge is 0.355 e. The van der Waals surface area contributed by atoms with Gasteiger partial charge in [0.2, 0.25) is 0 Å². The molecule has 0 unspecified atom stereocenters. The Bertz CT molecular complexity index is 754. The number of benzene rings is 1. The van der Waals surface area contributed by atoms with Gasteiger partial charge in [-0.1, -0.05) is 44.2 Å². The topological polar surface area (TPSA) is 70.4 Å². The van der Waals surface area contributed by atoms with Gasteiger partial charge >= 0.3 is 0 Å². The van der Waals surface area contributed by atoms with Gasteiger partial charge in [0.15, 0.2) is 5.96 Å². The van der Waals surface area contributed by atoms with E-state index in [-0.39, 0.29) is 24.0 Å². The first-order chi connectivity index (χ1) is 14.8. The average molecular weight is 540 g/mol. The van der Waals surface area contributed by atoms with Gasteiger partial charge in [0, 0.05) is 45.2 Å². The van der Waals surface area contributed by atoms with Gasteiger partial charge in [-0.25, -0.2) is 0 Å². The van der Waals surface area contributed by atoms with Crippen LogP contribution in [0.4, 0.5) is 0 Å². The number of aromatic nitrogens is 3. The van der Waals surface area contributed by atoms with Crippen molar-refractivity contribution in [1.82, 2.24) is 30.3 Å². The number of aryl methyl sites for hydroxylation is 1. The number of hydrogen-bond acceptors (Lipinski definition) is 4. The number of likely N-dealkylation sites (tertiary alicyclic amines) is 1. The molecule has 7 nitrogen and oxygen atoms in total. The highest BCUT2D eigenvalue weighted by molar-refractivity contribution is 14.0. The van der Waals surface area contributed by atoms with Crippen LogP contribution < -0.4 is 10.6 Å². The van der Waals surface area contributed by atoms with E-state index in [2.05, 4.69) is 74.5 Å². The van der Waals surface area contributed by atoms with Crippen molar-refractivity contribution in [3.8, 4) is 0 Å². The third-order valence-corrected chi connectivity index (χ3v) is 5.64. The molecule has 31 heavy (non-hydrogen) atoms. The van der Waals surface area contributed by atoms with Gasteiger partial charge in [-0.15, -0.1) is 34.2 Å². The van der Waals surface area contributed by atoms with Crippen molar-refractivity contribution in [2.24, 2.45) is 4.99 Å².